The highest BCUT2D eigenvalue weighted by Crippen LogP contribution is 2.29. The first-order valence-electron chi connectivity index (χ1n) is 7.40. The van der Waals surface area contributed by atoms with Gasteiger partial charge in [0.05, 0.1) is 23.9 Å². The van der Waals surface area contributed by atoms with E-state index in [4.69, 9.17) is 27.9 Å². The van der Waals surface area contributed by atoms with E-state index >= 15 is 0 Å². The van der Waals surface area contributed by atoms with Crippen molar-refractivity contribution >= 4 is 57.6 Å². The molecule has 1 saturated heterocycles. The number of anilines is 1. The Bertz CT molecular complexity index is 693. The van der Waals surface area contributed by atoms with Crippen molar-refractivity contribution in [2.45, 2.75) is 11.7 Å². The molecular weight excluding hydrogens is 373 g/mol. The molecule has 1 fully saturated rings. The maximum atomic E-state index is 12.2. The monoisotopic (exact) mass is 387 g/mol. The number of aliphatic imine (C=N–C) groups is 1. The maximum absolute atomic E-state index is 12.2. The van der Waals surface area contributed by atoms with Gasteiger partial charge >= 0.3 is 0 Å². The first-order chi connectivity index (χ1) is 11.5. The molecule has 3 rings (SSSR count). The molecular formula is C15H15Cl2N3O3S. The van der Waals surface area contributed by atoms with Gasteiger partial charge in [0.25, 0.3) is 5.91 Å². The third-order valence-corrected chi connectivity index (χ3v) is 5.35. The minimum absolute atomic E-state index is 0.0415. The molecule has 0 aromatic heterocycles. The van der Waals surface area contributed by atoms with Crippen molar-refractivity contribution in [3.05, 3.63) is 28.2 Å². The molecule has 2 amide bonds. The van der Waals surface area contributed by atoms with Gasteiger partial charge in [0.2, 0.25) is 5.91 Å². The van der Waals surface area contributed by atoms with Crippen LogP contribution in [-0.2, 0) is 14.3 Å². The zero-order chi connectivity index (χ0) is 17.1. The van der Waals surface area contributed by atoms with Gasteiger partial charge in [0.15, 0.2) is 5.17 Å². The van der Waals surface area contributed by atoms with E-state index in [0.717, 1.165) is 0 Å². The summed E-state index contributed by atoms with van der Waals surface area (Å²) in [6.07, 6.45) is 0.0415. The Balaban J connectivity index is 1.56. The number of nitrogens with zero attached hydrogens (tertiary/aromatic N) is 2. The summed E-state index contributed by atoms with van der Waals surface area (Å²) >= 11 is 13.2. The molecule has 1 aromatic rings. The van der Waals surface area contributed by atoms with Crippen molar-refractivity contribution in [2.75, 3.05) is 31.6 Å². The predicted molar refractivity (Wildman–Crippen MR) is 95.9 cm³/mol. The van der Waals surface area contributed by atoms with Gasteiger partial charge in [-0.3, -0.25) is 9.59 Å². The average molecular weight is 388 g/mol. The van der Waals surface area contributed by atoms with Gasteiger partial charge in [-0.15, -0.1) is 0 Å². The number of amides is 2. The average Bonchev–Trinajstić information content (AvgIpc) is 2.92. The minimum atomic E-state index is -0.506. The van der Waals surface area contributed by atoms with E-state index < -0.39 is 5.25 Å². The molecule has 0 spiro atoms. The van der Waals surface area contributed by atoms with Crippen molar-refractivity contribution in [3.8, 4) is 0 Å². The maximum Gasteiger partial charge on any atom is 0.262 e. The number of halogens is 2. The number of rotatable bonds is 3. The molecule has 0 radical (unpaired) electrons. The molecule has 1 aromatic carbocycles. The SMILES string of the molecule is O=C(CC1SC(N2CCOCC2)=NC1=O)Nc1ccc(Cl)cc1Cl. The van der Waals surface area contributed by atoms with Crippen molar-refractivity contribution in [1.82, 2.24) is 4.90 Å². The summed E-state index contributed by atoms with van der Waals surface area (Å²) in [5, 5.41) is 3.71. The van der Waals surface area contributed by atoms with Crippen molar-refractivity contribution in [3.63, 3.8) is 0 Å². The van der Waals surface area contributed by atoms with Crippen LogP contribution >= 0.6 is 35.0 Å². The summed E-state index contributed by atoms with van der Waals surface area (Å²) in [7, 11) is 0. The predicted octanol–water partition coefficient (Wildman–Crippen LogP) is 2.65. The fourth-order valence-electron chi connectivity index (χ4n) is 2.36. The van der Waals surface area contributed by atoms with E-state index in [1.54, 1.807) is 18.2 Å². The normalized spacial score (nSPS) is 20.9. The molecule has 2 aliphatic heterocycles. The lowest BCUT2D eigenvalue weighted by Gasteiger charge is -2.27. The molecule has 0 bridgehead atoms. The number of carbonyl (C=O) groups is 2. The first kappa shape index (κ1) is 17.5. The molecule has 9 heteroatoms. The molecule has 0 saturated carbocycles. The van der Waals surface area contributed by atoms with E-state index in [0.29, 0.717) is 47.2 Å². The lowest BCUT2D eigenvalue weighted by molar-refractivity contribution is -0.121. The first-order valence-corrected chi connectivity index (χ1v) is 9.03. The number of ether oxygens (including phenoxy) is 1. The number of carbonyl (C=O) groups excluding carboxylic acids is 2. The van der Waals surface area contributed by atoms with Gasteiger partial charge in [-0.1, -0.05) is 35.0 Å². The van der Waals surface area contributed by atoms with Crippen LogP contribution in [-0.4, -0.2) is 53.4 Å². The number of thioether (sulfide) groups is 1. The minimum Gasteiger partial charge on any atom is -0.378 e. The molecule has 2 aliphatic rings. The largest absolute Gasteiger partial charge is 0.378 e. The van der Waals surface area contributed by atoms with E-state index in [1.807, 2.05) is 4.90 Å². The van der Waals surface area contributed by atoms with Crippen molar-refractivity contribution < 1.29 is 14.3 Å². The molecule has 2 heterocycles. The second-order valence-corrected chi connectivity index (χ2v) is 7.33. The zero-order valence-electron chi connectivity index (χ0n) is 12.6. The zero-order valence-corrected chi connectivity index (χ0v) is 15.0. The van der Waals surface area contributed by atoms with Crippen LogP contribution in [0.15, 0.2) is 23.2 Å². The molecule has 24 heavy (non-hydrogen) atoms. The van der Waals surface area contributed by atoms with Crippen LogP contribution in [0.5, 0.6) is 0 Å². The summed E-state index contributed by atoms with van der Waals surface area (Å²) in [6.45, 7) is 2.65. The summed E-state index contributed by atoms with van der Waals surface area (Å²) in [6, 6.07) is 4.81. The van der Waals surface area contributed by atoms with Gasteiger partial charge in [-0.05, 0) is 18.2 Å². The van der Waals surface area contributed by atoms with Gasteiger partial charge in [-0.25, -0.2) is 0 Å². The van der Waals surface area contributed by atoms with Crippen LogP contribution in [0.4, 0.5) is 5.69 Å². The van der Waals surface area contributed by atoms with Gasteiger partial charge < -0.3 is 15.0 Å². The number of amidine groups is 1. The van der Waals surface area contributed by atoms with Crippen LogP contribution < -0.4 is 5.32 Å². The Morgan fingerprint density at radius 3 is 2.83 bits per heavy atom. The van der Waals surface area contributed by atoms with E-state index in [9.17, 15) is 9.59 Å². The van der Waals surface area contributed by atoms with Crippen LogP contribution in [0.1, 0.15) is 6.42 Å². The Morgan fingerprint density at radius 2 is 2.12 bits per heavy atom. The fourth-order valence-corrected chi connectivity index (χ4v) is 3.93. The smallest absolute Gasteiger partial charge is 0.262 e. The molecule has 6 nitrogen and oxygen atoms in total. The second kappa shape index (κ2) is 7.74. The van der Waals surface area contributed by atoms with E-state index in [-0.39, 0.29) is 18.2 Å². The fraction of sp³-hybridized carbons (Fsp3) is 0.400. The summed E-state index contributed by atoms with van der Waals surface area (Å²) < 4.78 is 5.29. The number of morpholine rings is 1. The molecule has 0 aliphatic carbocycles. The van der Waals surface area contributed by atoms with Crippen LogP contribution in [0.25, 0.3) is 0 Å². The standard InChI is InChI=1S/C15H15Cl2N3O3S/c16-9-1-2-11(10(17)7-9)18-13(21)8-12-14(22)19-15(24-12)20-3-5-23-6-4-20/h1-2,7,12H,3-6,8H2,(H,18,21). The quantitative estimate of drug-likeness (QED) is 0.862. The molecule has 1 N–H and O–H groups in total. The van der Waals surface area contributed by atoms with Gasteiger partial charge in [0.1, 0.15) is 5.25 Å². The molecule has 1 atom stereocenters. The number of hydrogen-bond donors (Lipinski definition) is 1. The highest BCUT2D eigenvalue weighted by molar-refractivity contribution is 8.15. The lowest BCUT2D eigenvalue weighted by Crippen LogP contribution is -2.39. The summed E-state index contributed by atoms with van der Waals surface area (Å²) in [4.78, 5) is 30.3. The highest BCUT2D eigenvalue weighted by Gasteiger charge is 2.33. The third kappa shape index (κ3) is 4.22. The van der Waals surface area contributed by atoms with Crippen molar-refractivity contribution in [1.29, 1.82) is 0 Å². The topological polar surface area (TPSA) is 71.0 Å². The molecule has 128 valence electrons. The van der Waals surface area contributed by atoms with E-state index in [2.05, 4.69) is 10.3 Å². The Kier molecular flexibility index (Phi) is 5.65. The number of hydrogen-bond acceptors (Lipinski definition) is 5. The summed E-state index contributed by atoms with van der Waals surface area (Å²) in [5.41, 5.74) is 0.468. The van der Waals surface area contributed by atoms with E-state index in [1.165, 1.54) is 11.8 Å². The van der Waals surface area contributed by atoms with Gasteiger partial charge in [0, 0.05) is 24.5 Å². The number of nitrogens with one attached hydrogen (secondary N) is 1. The van der Waals surface area contributed by atoms with Crippen LogP contribution in [0.2, 0.25) is 10.0 Å². The lowest BCUT2D eigenvalue weighted by atomic mass is 10.2. The summed E-state index contributed by atoms with van der Waals surface area (Å²) in [5.74, 6) is -0.567. The van der Waals surface area contributed by atoms with Crippen LogP contribution in [0, 0.1) is 0 Å². The third-order valence-electron chi connectivity index (χ3n) is 3.59. The second-order valence-electron chi connectivity index (χ2n) is 5.31. The highest BCUT2D eigenvalue weighted by atomic mass is 35.5. The Hall–Kier alpha value is -1.28. The Labute approximate surface area is 153 Å². The number of benzene rings is 1. The Morgan fingerprint density at radius 1 is 1.38 bits per heavy atom. The van der Waals surface area contributed by atoms with Crippen LogP contribution in [0.3, 0.4) is 0 Å². The van der Waals surface area contributed by atoms with Gasteiger partial charge in [-0.2, -0.15) is 4.99 Å². The van der Waals surface area contributed by atoms with Crippen molar-refractivity contribution in [2.24, 2.45) is 4.99 Å². The molecule has 1 unspecified atom stereocenters.